The quantitative estimate of drug-likeness (QED) is 0.872. The van der Waals surface area contributed by atoms with Gasteiger partial charge in [-0.2, -0.15) is 0 Å². The molecule has 18 heavy (non-hydrogen) atoms. The van der Waals surface area contributed by atoms with Gasteiger partial charge < -0.3 is 15.2 Å². The second-order valence-electron chi connectivity index (χ2n) is 3.58. The molecule has 2 rings (SSSR count). The number of methoxy groups -OCH3 is 1. The number of hydrogen-bond donors (Lipinski definition) is 1. The number of rotatable bonds is 3. The van der Waals surface area contributed by atoms with Crippen LogP contribution >= 0.6 is 15.9 Å². The van der Waals surface area contributed by atoms with Crippen molar-refractivity contribution < 1.29 is 13.9 Å². The van der Waals surface area contributed by atoms with Crippen LogP contribution in [0.25, 0.3) is 0 Å². The van der Waals surface area contributed by atoms with Gasteiger partial charge in [0.15, 0.2) is 5.75 Å². The number of benzene rings is 2. The lowest BCUT2D eigenvalue weighted by Gasteiger charge is -2.11. The Morgan fingerprint density at radius 2 is 1.89 bits per heavy atom. The summed E-state index contributed by atoms with van der Waals surface area (Å²) in [5.41, 5.74) is 6.09. The van der Waals surface area contributed by atoms with Crippen molar-refractivity contribution >= 4 is 21.6 Å². The monoisotopic (exact) mass is 311 g/mol. The maximum absolute atomic E-state index is 13.1. The fraction of sp³-hybridized carbons (Fsp3) is 0.0769. The summed E-state index contributed by atoms with van der Waals surface area (Å²) in [7, 11) is 1.58. The Kier molecular flexibility index (Phi) is 3.72. The minimum absolute atomic E-state index is 0.279. The van der Waals surface area contributed by atoms with Gasteiger partial charge in [-0.3, -0.25) is 0 Å². The van der Waals surface area contributed by atoms with Crippen molar-refractivity contribution in [1.82, 2.24) is 0 Å². The van der Waals surface area contributed by atoms with Gasteiger partial charge in [0.05, 0.1) is 17.3 Å². The molecule has 0 atom stereocenters. The molecule has 0 radical (unpaired) electrons. The van der Waals surface area contributed by atoms with Gasteiger partial charge in [0.2, 0.25) is 0 Å². The molecule has 0 aliphatic heterocycles. The first-order valence-corrected chi connectivity index (χ1v) is 5.96. The maximum atomic E-state index is 13.1. The van der Waals surface area contributed by atoms with Gasteiger partial charge >= 0.3 is 0 Å². The Hall–Kier alpha value is -1.75. The van der Waals surface area contributed by atoms with Gasteiger partial charge in [-0.05, 0) is 46.3 Å². The average molecular weight is 312 g/mol. The lowest BCUT2D eigenvalue weighted by molar-refractivity contribution is 0.412. The molecule has 0 saturated carbocycles. The molecule has 2 aromatic rings. The van der Waals surface area contributed by atoms with Gasteiger partial charge in [-0.1, -0.05) is 0 Å². The minimum atomic E-state index is -0.399. The highest BCUT2D eigenvalue weighted by atomic mass is 79.9. The summed E-state index contributed by atoms with van der Waals surface area (Å²) in [4.78, 5) is 0. The summed E-state index contributed by atoms with van der Waals surface area (Å²) in [6.07, 6.45) is 0. The van der Waals surface area contributed by atoms with E-state index >= 15 is 0 Å². The average Bonchev–Trinajstić information content (AvgIpc) is 2.36. The van der Waals surface area contributed by atoms with Crippen LogP contribution in [0.15, 0.2) is 40.9 Å². The lowest BCUT2D eigenvalue weighted by atomic mass is 10.3. The van der Waals surface area contributed by atoms with Gasteiger partial charge in [0, 0.05) is 6.07 Å². The summed E-state index contributed by atoms with van der Waals surface area (Å²) in [6.45, 7) is 0. The molecule has 94 valence electrons. The molecule has 2 N–H and O–H groups in total. The van der Waals surface area contributed by atoms with Crippen LogP contribution in [0.5, 0.6) is 17.2 Å². The third kappa shape index (κ3) is 2.73. The third-order valence-corrected chi connectivity index (χ3v) is 2.95. The van der Waals surface area contributed by atoms with E-state index in [2.05, 4.69) is 15.9 Å². The first-order chi connectivity index (χ1) is 8.60. The minimum Gasteiger partial charge on any atom is -0.497 e. The first-order valence-electron chi connectivity index (χ1n) is 5.16. The summed E-state index contributed by atoms with van der Waals surface area (Å²) in [6, 6.07) is 9.20. The second-order valence-corrected chi connectivity index (χ2v) is 4.43. The number of hydrogen-bond acceptors (Lipinski definition) is 3. The van der Waals surface area contributed by atoms with Gasteiger partial charge in [0.25, 0.3) is 0 Å². The van der Waals surface area contributed by atoms with Crippen LogP contribution in [-0.2, 0) is 0 Å². The van der Waals surface area contributed by atoms with Crippen LogP contribution in [0.1, 0.15) is 0 Å². The molecule has 0 bridgehead atoms. The summed E-state index contributed by atoms with van der Waals surface area (Å²) < 4.78 is 24.4. The Labute approximate surface area is 112 Å². The summed E-state index contributed by atoms with van der Waals surface area (Å²) >= 11 is 3.35. The Bertz CT molecular complexity index is 575. The zero-order valence-electron chi connectivity index (χ0n) is 9.61. The van der Waals surface area contributed by atoms with Crippen LogP contribution < -0.4 is 15.2 Å². The highest BCUT2D eigenvalue weighted by molar-refractivity contribution is 9.10. The first kappa shape index (κ1) is 12.7. The predicted octanol–water partition coefficient (Wildman–Crippen LogP) is 3.97. The number of nitrogen functional groups attached to an aromatic ring is 1. The van der Waals surface area contributed by atoms with Crippen molar-refractivity contribution in [2.75, 3.05) is 12.8 Å². The number of ether oxygens (including phenoxy) is 2. The summed E-state index contributed by atoms with van der Waals surface area (Å²) in [5, 5.41) is 0. The molecule has 2 aromatic carbocycles. The Morgan fingerprint density at radius 1 is 1.11 bits per heavy atom. The smallest absolute Gasteiger partial charge is 0.153 e. The Balaban J connectivity index is 2.31. The zero-order valence-corrected chi connectivity index (χ0v) is 11.2. The second kappa shape index (κ2) is 5.27. The van der Waals surface area contributed by atoms with Crippen LogP contribution in [-0.4, -0.2) is 7.11 Å². The van der Waals surface area contributed by atoms with Crippen molar-refractivity contribution in [2.24, 2.45) is 0 Å². The number of halogens is 2. The van der Waals surface area contributed by atoms with Crippen molar-refractivity contribution in [3.63, 3.8) is 0 Å². The molecule has 0 spiro atoms. The van der Waals surface area contributed by atoms with Gasteiger partial charge in [-0.15, -0.1) is 0 Å². The number of anilines is 1. The standard InChI is InChI=1S/C13H11BrFNO2/c1-17-9-3-5-12(10(14)7-9)18-13-6-8(15)2-4-11(13)16/h2-7H,16H2,1H3. The van der Waals surface area contributed by atoms with Gasteiger partial charge in [-0.25, -0.2) is 4.39 Å². The van der Waals surface area contributed by atoms with Crippen LogP contribution in [0.3, 0.4) is 0 Å². The van der Waals surface area contributed by atoms with Crippen LogP contribution in [0.4, 0.5) is 10.1 Å². The Morgan fingerprint density at radius 3 is 2.56 bits per heavy atom. The molecular weight excluding hydrogens is 301 g/mol. The molecule has 5 heteroatoms. The zero-order chi connectivity index (χ0) is 13.1. The van der Waals surface area contributed by atoms with E-state index in [1.807, 2.05) is 0 Å². The van der Waals surface area contributed by atoms with E-state index in [1.54, 1.807) is 25.3 Å². The third-order valence-electron chi connectivity index (χ3n) is 2.33. The molecule has 0 amide bonds. The number of nitrogens with two attached hydrogens (primary N) is 1. The maximum Gasteiger partial charge on any atom is 0.153 e. The van der Waals surface area contributed by atoms with E-state index in [-0.39, 0.29) is 5.75 Å². The molecule has 0 fully saturated rings. The summed E-state index contributed by atoms with van der Waals surface area (Å²) in [5.74, 6) is 1.11. The van der Waals surface area contributed by atoms with Crippen molar-refractivity contribution in [2.45, 2.75) is 0 Å². The van der Waals surface area contributed by atoms with E-state index in [1.165, 1.54) is 18.2 Å². The van der Waals surface area contributed by atoms with E-state index < -0.39 is 5.82 Å². The van der Waals surface area contributed by atoms with Crippen molar-refractivity contribution in [3.8, 4) is 17.2 Å². The molecule has 0 unspecified atom stereocenters. The predicted molar refractivity (Wildman–Crippen MR) is 71.6 cm³/mol. The van der Waals surface area contributed by atoms with E-state index in [4.69, 9.17) is 15.2 Å². The highest BCUT2D eigenvalue weighted by Gasteiger charge is 2.08. The molecule has 0 saturated heterocycles. The fourth-order valence-corrected chi connectivity index (χ4v) is 1.85. The van der Waals surface area contributed by atoms with Crippen LogP contribution in [0.2, 0.25) is 0 Å². The van der Waals surface area contributed by atoms with Crippen LogP contribution in [0, 0.1) is 5.82 Å². The molecule has 3 nitrogen and oxygen atoms in total. The molecule has 0 aliphatic carbocycles. The molecule has 0 heterocycles. The van der Waals surface area contributed by atoms with E-state index in [0.29, 0.717) is 21.7 Å². The van der Waals surface area contributed by atoms with Crippen molar-refractivity contribution in [1.29, 1.82) is 0 Å². The molecular formula is C13H11BrFNO2. The molecule has 0 aliphatic rings. The lowest BCUT2D eigenvalue weighted by Crippen LogP contribution is -1.93. The van der Waals surface area contributed by atoms with E-state index in [0.717, 1.165) is 0 Å². The normalized spacial score (nSPS) is 10.2. The van der Waals surface area contributed by atoms with Crippen molar-refractivity contribution in [3.05, 3.63) is 46.7 Å². The fourth-order valence-electron chi connectivity index (χ4n) is 1.41. The topological polar surface area (TPSA) is 44.5 Å². The van der Waals surface area contributed by atoms with Gasteiger partial charge in [0.1, 0.15) is 17.3 Å². The highest BCUT2D eigenvalue weighted by Crippen LogP contribution is 2.35. The SMILES string of the molecule is COc1ccc(Oc2cc(F)ccc2N)c(Br)c1. The largest absolute Gasteiger partial charge is 0.497 e. The van der Waals surface area contributed by atoms with E-state index in [9.17, 15) is 4.39 Å². The molecule has 0 aromatic heterocycles.